The second kappa shape index (κ2) is 5.46. The minimum absolute atomic E-state index is 0.678. The SMILES string of the molecule is CCCN(Cc1cn(CCN)cn1)C1CC1. The van der Waals surface area contributed by atoms with Crippen molar-refractivity contribution in [3.63, 3.8) is 0 Å². The van der Waals surface area contributed by atoms with Crippen molar-refractivity contribution >= 4 is 0 Å². The number of rotatable bonds is 7. The van der Waals surface area contributed by atoms with E-state index >= 15 is 0 Å². The molecule has 0 spiro atoms. The quantitative estimate of drug-likeness (QED) is 0.754. The zero-order chi connectivity index (χ0) is 11.4. The lowest BCUT2D eigenvalue weighted by molar-refractivity contribution is 0.252. The van der Waals surface area contributed by atoms with Crippen LogP contribution in [0.3, 0.4) is 0 Å². The summed E-state index contributed by atoms with van der Waals surface area (Å²) in [4.78, 5) is 6.98. The summed E-state index contributed by atoms with van der Waals surface area (Å²) >= 11 is 0. The number of hydrogen-bond acceptors (Lipinski definition) is 3. The third-order valence-corrected chi connectivity index (χ3v) is 3.01. The summed E-state index contributed by atoms with van der Waals surface area (Å²) in [5.41, 5.74) is 6.69. The van der Waals surface area contributed by atoms with Gasteiger partial charge in [-0.2, -0.15) is 0 Å². The van der Waals surface area contributed by atoms with E-state index in [0.717, 1.165) is 19.1 Å². The predicted molar refractivity (Wildman–Crippen MR) is 65.0 cm³/mol. The van der Waals surface area contributed by atoms with Crippen LogP contribution in [0.1, 0.15) is 31.9 Å². The molecule has 1 aliphatic rings. The lowest BCUT2D eigenvalue weighted by atomic mass is 10.3. The van der Waals surface area contributed by atoms with Crippen molar-refractivity contribution in [1.82, 2.24) is 14.5 Å². The molecule has 0 amide bonds. The Bertz CT molecular complexity index is 317. The summed E-state index contributed by atoms with van der Waals surface area (Å²) in [5.74, 6) is 0. The van der Waals surface area contributed by atoms with Gasteiger partial charge in [0.05, 0.1) is 12.0 Å². The summed E-state index contributed by atoms with van der Waals surface area (Å²) < 4.78 is 2.08. The summed E-state index contributed by atoms with van der Waals surface area (Å²) in [7, 11) is 0. The molecule has 0 aliphatic heterocycles. The molecule has 0 bridgehead atoms. The van der Waals surface area contributed by atoms with Crippen LogP contribution in [0.25, 0.3) is 0 Å². The van der Waals surface area contributed by atoms with Crippen LogP contribution in [0.4, 0.5) is 0 Å². The minimum Gasteiger partial charge on any atom is -0.336 e. The second-order valence-electron chi connectivity index (χ2n) is 4.59. The fourth-order valence-electron chi connectivity index (χ4n) is 2.09. The maximum absolute atomic E-state index is 5.52. The van der Waals surface area contributed by atoms with Crippen molar-refractivity contribution in [3.05, 3.63) is 18.2 Å². The Hall–Kier alpha value is -0.870. The van der Waals surface area contributed by atoms with Gasteiger partial charge in [-0.05, 0) is 25.8 Å². The third kappa shape index (κ3) is 3.06. The molecular formula is C12H22N4. The van der Waals surface area contributed by atoms with Crippen LogP contribution in [0, 0.1) is 0 Å². The predicted octanol–water partition coefficient (Wildman–Crippen LogP) is 1.22. The molecule has 4 heteroatoms. The summed E-state index contributed by atoms with van der Waals surface area (Å²) in [6.07, 6.45) is 7.96. The van der Waals surface area contributed by atoms with Crippen LogP contribution in [-0.4, -0.2) is 33.6 Å². The smallest absolute Gasteiger partial charge is 0.0950 e. The molecule has 4 nitrogen and oxygen atoms in total. The number of nitrogens with zero attached hydrogens (tertiary/aromatic N) is 3. The number of nitrogens with two attached hydrogens (primary N) is 1. The molecule has 2 N–H and O–H groups in total. The van der Waals surface area contributed by atoms with Crippen LogP contribution < -0.4 is 5.73 Å². The van der Waals surface area contributed by atoms with Crippen molar-refractivity contribution in [2.75, 3.05) is 13.1 Å². The molecular weight excluding hydrogens is 200 g/mol. The molecule has 1 aromatic rings. The minimum atomic E-state index is 0.678. The van der Waals surface area contributed by atoms with E-state index in [9.17, 15) is 0 Å². The lowest BCUT2D eigenvalue weighted by Crippen LogP contribution is -2.26. The van der Waals surface area contributed by atoms with Gasteiger partial charge in [-0.15, -0.1) is 0 Å². The third-order valence-electron chi connectivity index (χ3n) is 3.01. The fraction of sp³-hybridized carbons (Fsp3) is 0.750. The first-order valence-corrected chi connectivity index (χ1v) is 6.28. The summed E-state index contributed by atoms with van der Waals surface area (Å²) in [5, 5.41) is 0. The van der Waals surface area contributed by atoms with E-state index < -0.39 is 0 Å². The Labute approximate surface area is 97.4 Å². The van der Waals surface area contributed by atoms with Crippen LogP contribution in [0.2, 0.25) is 0 Å². The van der Waals surface area contributed by atoms with Gasteiger partial charge < -0.3 is 10.3 Å². The first-order valence-electron chi connectivity index (χ1n) is 6.28. The average Bonchev–Trinajstić information content (AvgIpc) is 3.02. The van der Waals surface area contributed by atoms with Gasteiger partial charge in [0.1, 0.15) is 0 Å². The standard InChI is InChI=1S/C12H22N4/c1-2-6-16(12-3-4-12)9-11-8-15(7-5-13)10-14-11/h8,10,12H,2-7,9,13H2,1H3. The van der Waals surface area contributed by atoms with Gasteiger partial charge in [-0.25, -0.2) is 4.98 Å². The fourth-order valence-corrected chi connectivity index (χ4v) is 2.09. The molecule has 1 heterocycles. The number of imidazole rings is 1. The second-order valence-corrected chi connectivity index (χ2v) is 4.59. The first-order chi connectivity index (χ1) is 7.83. The van der Waals surface area contributed by atoms with E-state index in [1.807, 2.05) is 6.33 Å². The molecule has 1 aromatic heterocycles. The monoisotopic (exact) mass is 222 g/mol. The molecule has 0 radical (unpaired) electrons. The van der Waals surface area contributed by atoms with Crippen molar-refractivity contribution in [2.45, 2.75) is 45.3 Å². The van der Waals surface area contributed by atoms with E-state index in [4.69, 9.17) is 5.73 Å². The maximum Gasteiger partial charge on any atom is 0.0950 e. The highest BCUT2D eigenvalue weighted by Crippen LogP contribution is 2.28. The molecule has 16 heavy (non-hydrogen) atoms. The van der Waals surface area contributed by atoms with Gasteiger partial charge in [0.25, 0.3) is 0 Å². The number of aromatic nitrogens is 2. The first kappa shape index (κ1) is 11.6. The van der Waals surface area contributed by atoms with Gasteiger partial charge in [-0.1, -0.05) is 6.92 Å². The highest BCUT2D eigenvalue weighted by molar-refractivity contribution is 4.99. The molecule has 2 rings (SSSR count). The van der Waals surface area contributed by atoms with Gasteiger partial charge in [0.15, 0.2) is 0 Å². The van der Waals surface area contributed by atoms with Crippen LogP contribution in [-0.2, 0) is 13.1 Å². The van der Waals surface area contributed by atoms with E-state index in [0.29, 0.717) is 6.54 Å². The highest BCUT2D eigenvalue weighted by Gasteiger charge is 2.28. The summed E-state index contributed by atoms with van der Waals surface area (Å²) in [6.45, 7) is 5.97. The maximum atomic E-state index is 5.52. The van der Waals surface area contributed by atoms with E-state index in [1.165, 1.54) is 31.5 Å². The molecule has 90 valence electrons. The van der Waals surface area contributed by atoms with Gasteiger partial charge in [0.2, 0.25) is 0 Å². The Morgan fingerprint density at radius 3 is 3.00 bits per heavy atom. The highest BCUT2D eigenvalue weighted by atomic mass is 15.2. The van der Waals surface area contributed by atoms with E-state index in [-0.39, 0.29) is 0 Å². The zero-order valence-corrected chi connectivity index (χ0v) is 10.1. The Morgan fingerprint density at radius 2 is 2.38 bits per heavy atom. The molecule has 1 fully saturated rings. The molecule has 0 saturated heterocycles. The van der Waals surface area contributed by atoms with Crippen molar-refractivity contribution in [3.8, 4) is 0 Å². The normalized spacial score (nSPS) is 15.9. The van der Waals surface area contributed by atoms with Crippen molar-refractivity contribution in [2.24, 2.45) is 5.73 Å². The zero-order valence-electron chi connectivity index (χ0n) is 10.1. The molecule has 0 aromatic carbocycles. The lowest BCUT2D eigenvalue weighted by Gasteiger charge is -2.19. The Morgan fingerprint density at radius 1 is 1.56 bits per heavy atom. The largest absolute Gasteiger partial charge is 0.336 e. The molecule has 0 unspecified atom stereocenters. The Kier molecular flexibility index (Phi) is 3.96. The van der Waals surface area contributed by atoms with E-state index in [1.54, 1.807) is 0 Å². The van der Waals surface area contributed by atoms with Crippen LogP contribution >= 0.6 is 0 Å². The summed E-state index contributed by atoms with van der Waals surface area (Å²) in [6, 6.07) is 0.819. The average molecular weight is 222 g/mol. The van der Waals surface area contributed by atoms with Crippen molar-refractivity contribution in [1.29, 1.82) is 0 Å². The van der Waals surface area contributed by atoms with Gasteiger partial charge in [-0.3, -0.25) is 4.90 Å². The topological polar surface area (TPSA) is 47.1 Å². The Balaban J connectivity index is 1.89. The number of hydrogen-bond donors (Lipinski definition) is 1. The van der Waals surface area contributed by atoms with Crippen LogP contribution in [0.5, 0.6) is 0 Å². The molecule has 0 atom stereocenters. The molecule has 1 saturated carbocycles. The van der Waals surface area contributed by atoms with Crippen molar-refractivity contribution < 1.29 is 0 Å². The van der Waals surface area contributed by atoms with Gasteiger partial charge in [0, 0.05) is 31.9 Å². The van der Waals surface area contributed by atoms with Crippen LogP contribution in [0.15, 0.2) is 12.5 Å². The molecule has 1 aliphatic carbocycles. The van der Waals surface area contributed by atoms with E-state index in [2.05, 4.69) is 27.6 Å². The van der Waals surface area contributed by atoms with Gasteiger partial charge >= 0.3 is 0 Å².